The maximum Gasteiger partial charge on any atom is 0.290 e. The molecule has 2 N–H and O–H groups in total. The molecule has 2 amide bonds. The molecule has 34 heavy (non-hydrogen) atoms. The van der Waals surface area contributed by atoms with E-state index in [1.165, 1.54) is 24.3 Å². The molecule has 0 bridgehead atoms. The van der Waals surface area contributed by atoms with Gasteiger partial charge in [0.2, 0.25) is 5.76 Å². The molecule has 0 saturated carbocycles. The predicted octanol–water partition coefficient (Wildman–Crippen LogP) is 4.43. The van der Waals surface area contributed by atoms with Gasteiger partial charge in [-0.15, -0.1) is 0 Å². The van der Waals surface area contributed by atoms with E-state index in [4.69, 9.17) is 4.52 Å². The van der Waals surface area contributed by atoms with Gasteiger partial charge in [0, 0.05) is 13.1 Å². The quantitative estimate of drug-likeness (QED) is 0.390. The largest absolute Gasteiger partial charge is 0.350 e. The molecule has 3 aromatic carbocycles. The second-order valence-corrected chi connectivity index (χ2v) is 7.73. The molecular formula is C27H24FN3O3. The summed E-state index contributed by atoms with van der Waals surface area (Å²) in [6.45, 7) is 0.766. The Morgan fingerprint density at radius 1 is 0.735 bits per heavy atom. The Morgan fingerprint density at radius 3 is 1.82 bits per heavy atom. The van der Waals surface area contributed by atoms with Gasteiger partial charge in [0.1, 0.15) is 5.82 Å². The van der Waals surface area contributed by atoms with Gasteiger partial charge in [-0.25, -0.2) is 4.39 Å². The number of aromatic nitrogens is 1. The van der Waals surface area contributed by atoms with Crippen LogP contribution in [0.15, 0.2) is 89.5 Å². The van der Waals surface area contributed by atoms with Gasteiger partial charge in [-0.05, 0) is 41.7 Å². The first kappa shape index (κ1) is 22.9. The van der Waals surface area contributed by atoms with Crippen molar-refractivity contribution in [3.63, 3.8) is 0 Å². The van der Waals surface area contributed by atoms with Crippen molar-refractivity contribution in [1.82, 2.24) is 15.8 Å². The molecule has 4 rings (SSSR count). The molecule has 0 unspecified atom stereocenters. The normalized spacial score (nSPS) is 10.6. The number of nitrogens with zero attached hydrogens (tertiary/aromatic N) is 1. The number of carbonyl (C=O) groups is 2. The molecule has 0 spiro atoms. The summed E-state index contributed by atoms with van der Waals surface area (Å²) in [7, 11) is 0. The van der Waals surface area contributed by atoms with Gasteiger partial charge in [0.25, 0.3) is 11.8 Å². The van der Waals surface area contributed by atoms with Crippen molar-refractivity contribution in [2.75, 3.05) is 13.1 Å². The van der Waals surface area contributed by atoms with Crippen molar-refractivity contribution >= 4 is 11.8 Å². The Kier molecular flexibility index (Phi) is 7.45. The van der Waals surface area contributed by atoms with E-state index < -0.39 is 17.6 Å². The SMILES string of the molecule is O=C(NCCc1ccccc1)c1noc(C(=O)NCCc2ccccc2)c1-c1ccc(F)cc1. The third-order valence-electron chi connectivity index (χ3n) is 5.33. The van der Waals surface area contributed by atoms with Crippen LogP contribution in [0.4, 0.5) is 4.39 Å². The Hall–Kier alpha value is -4.26. The minimum absolute atomic E-state index is 0.0205. The Labute approximate surface area is 196 Å². The predicted molar refractivity (Wildman–Crippen MR) is 127 cm³/mol. The molecule has 7 heteroatoms. The van der Waals surface area contributed by atoms with Gasteiger partial charge >= 0.3 is 0 Å². The number of amides is 2. The summed E-state index contributed by atoms with van der Waals surface area (Å²) in [4.78, 5) is 25.8. The molecule has 0 aliphatic carbocycles. The van der Waals surface area contributed by atoms with Crippen LogP contribution in [0.3, 0.4) is 0 Å². The highest BCUT2D eigenvalue weighted by Gasteiger charge is 2.27. The van der Waals surface area contributed by atoms with Gasteiger partial charge in [-0.1, -0.05) is 78.0 Å². The van der Waals surface area contributed by atoms with Crippen LogP contribution >= 0.6 is 0 Å². The highest BCUT2D eigenvalue weighted by molar-refractivity contribution is 6.06. The van der Waals surface area contributed by atoms with E-state index in [-0.39, 0.29) is 17.0 Å². The second kappa shape index (κ2) is 11.0. The molecular weight excluding hydrogens is 433 g/mol. The Bertz CT molecular complexity index is 1160. The van der Waals surface area contributed by atoms with Gasteiger partial charge < -0.3 is 15.2 Å². The molecule has 172 valence electrons. The molecule has 4 aromatic rings. The molecule has 0 fully saturated rings. The number of hydrogen-bond donors (Lipinski definition) is 2. The van der Waals surface area contributed by atoms with Crippen LogP contribution in [0.2, 0.25) is 0 Å². The smallest absolute Gasteiger partial charge is 0.290 e. The Balaban J connectivity index is 1.50. The fourth-order valence-electron chi connectivity index (χ4n) is 3.58. The van der Waals surface area contributed by atoms with Crippen molar-refractivity contribution in [3.8, 4) is 11.1 Å². The van der Waals surface area contributed by atoms with E-state index in [1.807, 2.05) is 60.7 Å². The third kappa shape index (κ3) is 5.75. The molecule has 1 aromatic heterocycles. The zero-order valence-electron chi connectivity index (χ0n) is 18.5. The van der Waals surface area contributed by atoms with E-state index in [9.17, 15) is 14.0 Å². The van der Waals surface area contributed by atoms with E-state index in [1.54, 1.807) is 0 Å². The highest BCUT2D eigenvalue weighted by Crippen LogP contribution is 2.28. The topological polar surface area (TPSA) is 84.2 Å². The van der Waals surface area contributed by atoms with Crippen LogP contribution in [0.5, 0.6) is 0 Å². The zero-order valence-corrected chi connectivity index (χ0v) is 18.5. The van der Waals surface area contributed by atoms with Crippen LogP contribution in [0.25, 0.3) is 11.1 Å². The summed E-state index contributed by atoms with van der Waals surface area (Å²) < 4.78 is 18.8. The van der Waals surface area contributed by atoms with Crippen LogP contribution in [-0.4, -0.2) is 30.1 Å². The van der Waals surface area contributed by atoms with Gasteiger partial charge in [-0.2, -0.15) is 0 Å². The lowest BCUT2D eigenvalue weighted by Gasteiger charge is -2.07. The van der Waals surface area contributed by atoms with Crippen LogP contribution in [0, 0.1) is 5.82 Å². The fourth-order valence-corrected chi connectivity index (χ4v) is 3.58. The summed E-state index contributed by atoms with van der Waals surface area (Å²) in [5, 5.41) is 9.51. The van der Waals surface area contributed by atoms with Crippen LogP contribution in [0.1, 0.15) is 32.2 Å². The summed E-state index contributed by atoms with van der Waals surface area (Å²) in [5.74, 6) is -1.48. The van der Waals surface area contributed by atoms with Crippen LogP contribution < -0.4 is 10.6 Å². The number of rotatable bonds is 9. The molecule has 0 atom stereocenters. The first-order valence-electron chi connectivity index (χ1n) is 11.0. The maximum absolute atomic E-state index is 13.5. The molecule has 0 saturated heterocycles. The number of nitrogens with one attached hydrogen (secondary N) is 2. The third-order valence-corrected chi connectivity index (χ3v) is 5.33. The van der Waals surface area contributed by atoms with Crippen molar-refractivity contribution in [2.45, 2.75) is 12.8 Å². The highest BCUT2D eigenvalue weighted by atomic mass is 19.1. The number of hydrogen-bond acceptors (Lipinski definition) is 4. The zero-order chi connectivity index (χ0) is 23.8. The minimum Gasteiger partial charge on any atom is -0.350 e. The lowest BCUT2D eigenvalue weighted by molar-refractivity contribution is 0.0909. The lowest BCUT2D eigenvalue weighted by Crippen LogP contribution is -2.27. The van der Waals surface area contributed by atoms with Gasteiger partial charge in [0.05, 0.1) is 5.56 Å². The number of carbonyl (C=O) groups excluding carboxylic acids is 2. The van der Waals surface area contributed by atoms with Crippen molar-refractivity contribution < 1.29 is 18.5 Å². The van der Waals surface area contributed by atoms with Gasteiger partial charge in [-0.3, -0.25) is 9.59 Å². The number of benzene rings is 3. The van der Waals surface area contributed by atoms with Crippen molar-refractivity contribution in [2.24, 2.45) is 0 Å². The standard InChI is InChI=1S/C27H24FN3O3/c28-22-13-11-21(12-14-22)23-24(26(32)29-17-15-19-7-3-1-4-8-19)31-34-25(23)27(33)30-18-16-20-9-5-2-6-10-20/h1-14H,15-18H2,(H,29,32)(H,30,33). The molecule has 0 aliphatic heterocycles. The van der Waals surface area contributed by atoms with E-state index in [2.05, 4.69) is 15.8 Å². The molecule has 1 heterocycles. The minimum atomic E-state index is -0.494. The lowest BCUT2D eigenvalue weighted by atomic mass is 10.0. The first-order valence-corrected chi connectivity index (χ1v) is 11.0. The molecule has 0 aliphatic rings. The second-order valence-electron chi connectivity index (χ2n) is 7.73. The van der Waals surface area contributed by atoms with E-state index in [0.29, 0.717) is 31.5 Å². The Morgan fingerprint density at radius 2 is 1.26 bits per heavy atom. The number of halogens is 1. The summed E-state index contributed by atoms with van der Waals surface area (Å²) >= 11 is 0. The summed E-state index contributed by atoms with van der Waals surface area (Å²) in [6, 6.07) is 25.0. The average Bonchev–Trinajstić information content (AvgIpc) is 3.31. The van der Waals surface area contributed by atoms with Crippen LogP contribution in [-0.2, 0) is 12.8 Å². The molecule has 6 nitrogen and oxygen atoms in total. The van der Waals surface area contributed by atoms with E-state index >= 15 is 0 Å². The fraction of sp³-hybridized carbons (Fsp3) is 0.148. The van der Waals surface area contributed by atoms with Gasteiger partial charge in [0.15, 0.2) is 5.69 Å². The van der Waals surface area contributed by atoms with Crippen molar-refractivity contribution in [1.29, 1.82) is 0 Å². The average molecular weight is 458 g/mol. The molecule has 0 radical (unpaired) electrons. The maximum atomic E-state index is 13.5. The van der Waals surface area contributed by atoms with Crippen molar-refractivity contribution in [3.05, 3.63) is 113 Å². The van der Waals surface area contributed by atoms with E-state index in [0.717, 1.165) is 11.1 Å². The monoisotopic (exact) mass is 457 g/mol. The summed E-state index contributed by atoms with van der Waals surface area (Å²) in [6.07, 6.45) is 1.28. The first-order chi connectivity index (χ1) is 16.6. The summed E-state index contributed by atoms with van der Waals surface area (Å²) in [5.41, 5.74) is 2.84.